The number of carbonyl (C=O) groups is 1. The van der Waals surface area contributed by atoms with E-state index in [1.807, 2.05) is 13.8 Å². The molecular formula is C16H17BrO4. The van der Waals surface area contributed by atoms with E-state index < -0.39 is 11.4 Å². The summed E-state index contributed by atoms with van der Waals surface area (Å²) in [6.45, 7) is 4.04. The van der Waals surface area contributed by atoms with Crippen molar-refractivity contribution in [3.63, 3.8) is 0 Å². The van der Waals surface area contributed by atoms with Crippen molar-refractivity contribution < 1.29 is 19.4 Å². The number of fused-ring (bicyclic) bond motifs is 2. The van der Waals surface area contributed by atoms with Gasteiger partial charge in [0.2, 0.25) is 0 Å². The molecule has 4 nitrogen and oxygen atoms in total. The molecule has 1 N–H and O–H groups in total. The Kier molecular flexibility index (Phi) is 2.66. The Bertz CT molecular complexity index is 624. The van der Waals surface area contributed by atoms with Gasteiger partial charge < -0.3 is 14.6 Å². The van der Waals surface area contributed by atoms with Gasteiger partial charge in [-0.25, -0.2) is 0 Å². The number of aliphatic carboxylic acids is 1. The molecule has 0 radical (unpaired) electrons. The maximum atomic E-state index is 11.8. The van der Waals surface area contributed by atoms with Crippen molar-refractivity contribution in [2.24, 2.45) is 0 Å². The largest absolute Gasteiger partial charge is 0.490 e. The zero-order chi connectivity index (χ0) is 14.9. The van der Waals surface area contributed by atoms with Crippen LogP contribution in [0.3, 0.4) is 0 Å². The second-order valence-electron chi connectivity index (χ2n) is 6.46. The summed E-state index contributed by atoms with van der Waals surface area (Å²) >= 11 is 3.64. The minimum atomic E-state index is -0.758. The molecule has 0 amide bonds. The normalized spacial score (nSPS) is 27.6. The van der Waals surface area contributed by atoms with Gasteiger partial charge in [0, 0.05) is 29.5 Å². The maximum Gasteiger partial charge on any atom is 0.314 e. The smallest absolute Gasteiger partial charge is 0.314 e. The van der Waals surface area contributed by atoms with E-state index in [9.17, 15) is 9.90 Å². The minimum absolute atomic E-state index is 0.0830. The van der Waals surface area contributed by atoms with Gasteiger partial charge in [0.15, 0.2) is 0 Å². The number of hydrogen-bond donors (Lipinski definition) is 1. The summed E-state index contributed by atoms with van der Waals surface area (Å²) in [7, 11) is 0. The van der Waals surface area contributed by atoms with Crippen LogP contribution in [0.5, 0.6) is 11.5 Å². The van der Waals surface area contributed by atoms with Crippen molar-refractivity contribution >= 4 is 21.9 Å². The third-order valence-electron chi connectivity index (χ3n) is 4.80. The highest BCUT2D eigenvalue weighted by molar-refractivity contribution is 9.10. The number of carboxylic acid groups (broad SMARTS) is 1. The van der Waals surface area contributed by atoms with Crippen LogP contribution in [0, 0.1) is 0 Å². The van der Waals surface area contributed by atoms with Gasteiger partial charge in [0.1, 0.15) is 23.7 Å². The maximum absolute atomic E-state index is 11.8. The molecule has 1 aromatic rings. The molecule has 0 saturated heterocycles. The molecule has 21 heavy (non-hydrogen) atoms. The Hall–Kier alpha value is -1.23. The molecular weight excluding hydrogens is 336 g/mol. The first-order valence-electron chi connectivity index (χ1n) is 7.38. The Morgan fingerprint density at radius 3 is 2.29 bits per heavy atom. The summed E-state index contributed by atoms with van der Waals surface area (Å²) < 4.78 is 12.9. The Morgan fingerprint density at radius 2 is 1.71 bits per heavy atom. The van der Waals surface area contributed by atoms with E-state index in [4.69, 9.17) is 9.47 Å². The number of carboxylic acids is 1. The molecule has 2 atom stereocenters. The van der Waals surface area contributed by atoms with E-state index in [0.717, 1.165) is 45.5 Å². The van der Waals surface area contributed by atoms with E-state index in [-0.39, 0.29) is 12.2 Å². The van der Waals surface area contributed by atoms with Crippen LogP contribution in [0.1, 0.15) is 43.4 Å². The zero-order valence-electron chi connectivity index (χ0n) is 12.0. The molecule has 0 spiro atoms. The van der Waals surface area contributed by atoms with Gasteiger partial charge in [-0.15, -0.1) is 0 Å². The number of halogens is 1. The quantitative estimate of drug-likeness (QED) is 0.887. The lowest BCUT2D eigenvalue weighted by molar-refractivity contribution is -0.140. The lowest BCUT2D eigenvalue weighted by atomic mass is 9.86. The minimum Gasteiger partial charge on any atom is -0.490 e. The van der Waals surface area contributed by atoms with Crippen LogP contribution < -0.4 is 9.47 Å². The Balaban J connectivity index is 2.01. The molecule has 2 heterocycles. The predicted octanol–water partition coefficient (Wildman–Crippen LogP) is 3.21. The molecule has 5 heteroatoms. The lowest BCUT2D eigenvalue weighted by Crippen LogP contribution is -2.22. The third-order valence-corrected chi connectivity index (χ3v) is 5.64. The fourth-order valence-electron chi connectivity index (χ4n) is 3.66. The molecule has 2 unspecified atom stereocenters. The van der Waals surface area contributed by atoms with Crippen LogP contribution in [0.25, 0.3) is 0 Å². The number of ether oxygens (including phenoxy) is 2. The Morgan fingerprint density at radius 1 is 1.14 bits per heavy atom. The van der Waals surface area contributed by atoms with E-state index in [1.54, 1.807) is 0 Å². The lowest BCUT2D eigenvalue weighted by Gasteiger charge is -2.20. The highest BCUT2D eigenvalue weighted by Crippen LogP contribution is 2.59. The second-order valence-corrected chi connectivity index (χ2v) is 7.25. The molecule has 0 aromatic heterocycles. The average molecular weight is 353 g/mol. The molecule has 1 aliphatic carbocycles. The fraction of sp³-hybridized carbons (Fsp3) is 0.562. The van der Waals surface area contributed by atoms with Crippen LogP contribution in [-0.2, 0) is 23.1 Å². The van der Waals surface area contributed by atoms with Gasteiger partial charge in [-0.3, -0.25) is 4.79 Å². The standard InChI is InChI=1S/C16H17BrO4/c1-7-5-9-11(16(3-4-16)15(18)19)13-10(6-8(2)20-13)12(17)14(9)21-7/h7-8H,3-6H2,1-2H3,(H,18,19). The summed E-state index contributed by atoms with van der Waals surface area (Å²) in [6.07, 6.45) is 3.09. The molecule has 1 fully saturated rings. The van der Waals surface area contributed by atoms with Crippen molar-refractivity contribution in [3.8, 4) is 11.5 Å². The van der Waals surface area contributed by atoms with Crippen LogP contribution in [0.4, 0.5) is 0 Å². The highest BCUT2D eigenvalue weighted by Gasteiger charge is 2.57. The van der Waals surface area contributed by atoms with Gasteiger partial charge in [-0.05, 0) is 42.6 Å². The van der Waals surface area contributed by atoms with E-state index in [1.165, 1.54) is 0 Å². The van der Waals surface area contributed by atoms with E-state index in [0.29, 0.717) is 12.8 Å². The Labute approximate surface area is 131 Å². The van der Waals surface area contributed by atoms with Crippen molar-refractivity contribution in [3.05, 3.63) is 21.2 Å². The van der Waals surface area contributed by atoms with Crippen molar-refractivity contribution in [2.45, 2.75) is 57.2 Å². The number of hydrogen-bond acceptors (Lipinski definition) is 3. The summed E-state index contributed by atoms with van der Waals surface area (Å²) in [4.78, 5) is 11.8. The molecule has 1 aromatic carbocycles. The first-order chi connectivity index (χ1) is 9.94. The monoisotopic (exact) mass is 352 g/mol. The van der Waals surface area contributed by atoms with E-state index in [2.05, 4.69) is 15.9 Å². The average Bonchev–Trinajstić information content (AvgIpc) is 2.98. The predicted molar refractivity (Wildman–Crippen MR) is 80.3 cm³/mol. The first-order valence-corrected chi connectivity index (χ1v) is 8.17. The van der Waals surface area contributed by atoms with Gasteiger partial charge in [0.05, 0.1) is 9.89 Å². The summed E-state index contributed by atoms with van der Waals surface area (Å²) in [5, 5.41) is 9.71. The topological polar surface area (TPSA) is 55.8 Å². The van der Waals surface area contributed by atoms with Crippen LogP contribution in [0.15, 0.2) is 4.47 Å². The molecule has 1 saturated carbocycles. The third kappa shape index (κ3) is 1.70. The number of benzene rings is 1. The second kappa shape index (κ2) is 4.15. The zero-order valence-corrected chi connectivity index (χ0v) is 13.6. The van der Waals surface area contributed by atoms with Crippen LogP contribution >= 0.6 is 15.9 Å². The number of rotatable bonds is 2. The van der Waals surface area contributed by atoms with Gasteiger partial charge in [-0.2, -0.15) is 0 Å². The summed E-state index contributed by atoms with van der Waals surface area (Å²) in [5.74, 6) is 0.893. The van der Waals surface area contributed by atoms with Gasteiger partial charge >= 0.3 is 5.97 Å². The van der Waals surface area contributed by atoms with E-state index >= 15 is 0 Å². The summed E-state index contributed by atoms with van der Waals surface area (Å²) in [5.41, 5.74) is 2.23. The molecule has 4 rings (SSSR count). The fourth-order valence-corrected chi connectivity index (χ4v) is 4.34. The van der Waals surface area contributed by atoms with Crippen LogP contribution in [-0.4, -0.2) is 23.3 Å². The van der Waals surface area contributed by atoms with Crippen LogP contribution in [0.2, 0.25) is 0 Å². The molecule has 112 valence electrons. The van der Waals surface area contributed by atoms with Crippen molar-refractivity contribution in [1.82, 2.24) is 0 Å². The summed E-state index contributed by atoms with van der Waals surface area (Å²) in [6, 6.07) is 0. The highest BCUT2D eigenvalue weighted by atomic mass is 79.9. The molecule has 0 bridgehead atoms. The van der Waals surface area contributed by atoms with Gasteiger partial charge in [0.25, 0.3) is 0 Å². The SMILES string of the molecule is CC1Cc2c(c(Br)c3c(c2C2(C(=O)O)CC2)OC(C)C3)O1. The molecule has 3 aliphatic rings. The van der Waals surface area contributed by atoms with Gasteiger partial charge in [-0.1, -0.05) is 0 Å². The molecule has 2 aliphatic heterocycles. The van der Waals surface area contributed by atoms with Crippen molar-refractivity contribution in [2.75, 3.05) is 0 Å². The van der Waals surface area contributed by atoms with Crippen molar-refractivity contribution in [1.29, 1.82) is 0 Å². The first kappa shape index (κ1) is 13.4.